The molecule has 1 N–H and O–H groups in total. The predicted molar refractivity (Wildman–Crippen MR) is 107 cm³/mol. The van der Waals surface area contributed by atoms with Crippen molar-refractivity contribution in [2.75, 3.05) is 21.3 Å². The van der Waals surface area contributed by atoms with Crippen molar-refractivity contribution >= 4 is 17.8 Å². The third-order valence-corrected chi connectivity index (χ3v) is 4.45. The Hall–Kier alpha value is -3.35. The molecule has 7 heteroatoms. The maximum atomic E-state index is 12.5. The second-order valence-corrected chi connectivity index (χ2v) is 6.37. The molecular weight excluding hydrogens is 374 g/mol. The van der Waals surface area contributed by atoms with E-state index in [0.29, 0.717) is 24.2 Å². The number of carbonyl (C=O) groups excluding carboxylic acids is 3. The lowest BCUT2D eigenvalue weighted by molar-refractivity contribution is -0.143. The second-order valence-electron chi connectivity index (χ2n) is 6.37. The van der Waals surface area contributed by atoms with Crippen LogP contribution in [-0.4, -0.2) is 45.2 Å². The molecule has 2 aromatic carbocycles. The first-order valence-corrected chi connectivity index (χ1v) is 9.14. The Morgan fingerprint density at radius 3 is 2.03 bits per heavy atom. The molecule has 0 saturated carbocycles. The first-order valence-electron chi connectivity index (χ1n) is 9.14. The molecule has 0 aliphatic rings. The fourth-order valence-electron chi connectivity index (χ4n) is 2.75. The van der Waals surface area contributed by atoms with Crippen molar-refractivity contribution in [1.82, 2.24) is 5.32 Å². The number of hydrogen-bond acceptors (Lipinski definition) is 6. The van der Waals surface area contributed by atoms with Gasteiger partial charge in [0.1, 0.15) is 11.8 Å². The van der Waals surface area contributed by atoms with Gasteiger partial charge in [-0.25, -0.2) is 4.79 Å². The van der Waals surface area contributed by atoms with Gasteiger partial charge in [-0.3, -0.25) is 9.59 Å². The number of esters is 2. The van der Waals surface area contributed by atoms with Gasteiger partial charge in [0.15, 0.2) is 0 Å². The Kier molecular flexibility index (Phi) is 8.21. The highest BCUT2D eigenvalue weighted by atomic mass is 16.5. The average molecular weight is 399 g/mol. The molecule has 0 radical (unpaired) electrons. The summed E-state index contributed by atoms with van der Waals surface area (Å²) in [4.78, 5) is 35.9. The van der Waals surface area contributed by atoms with Crippen LogP contribution in [0.4, 0.5) is 0 Å². The van der Waals surface area contributed by atoms with E-state index in [1.165, 1.54) is 14.2 Å². The lowest BCUT2D eigenvalue weighted by atomic mass is 10.0. The number of hydrogen-bond donors (Lipinski definition) is 1. The summed E-state index contributed by atoms with van der Waals surface area (Å²) in [7, 11) is 4.19. The molecule has 7 nitrogen and oxygen atoms in total. The van der Waals surface area contributed by atoms with E-state index in [2.05, 4.69) is 10.1 Å². The SMILES string of the molecule is COC(=O)CCc1ccc(C[C@H](NC(=O)c2ccc(OC)cc2)C(=O)OC)cc1. The maximum absolute atomic E-state index is 12.5. The Labute approximate surface area is 170 Å². The molecule has 0 aromatic heterocycles. The van der Waals surface area contributed by atoms with Crippen molar-refractivity contribution in [2.24, 2.45) is 0 Å². The molecule has 0 aliphatic heterocycles. The highest BCUT2D eigenvalue weighted by molar-refractivity contribution is 5.96. The zero-order valence-corrected chi connectivity index (χ0v) is 16.8. The topological polar surface area (TPSA) is 90.9 Å². The van der Waals surface area contributed by atoms with Crippen LogP contribution in [0.15, 0.2) is 48.5 Å². The van der Waals surface area contributed by atoms with Crippen LogP contribution >= 0.6 is 0 Å². The van der Waals surface area contributed by atoms with Gasteiger partial charge in [-0.1, -0.05) is 24.3 Å². The van der Waals surface area contributed by atoms with Crippen LogP contribution in [0.3, 0.4) is 0 Å². The summed E-state index contributed by atoms with van der Waals surface area (Å²) in [6, 6.07) is 13.3. The van der Waals surface area contributed by atoms with Gasteiger partial charge in [-0.05, 0) is 41.8 Å². The highest BCUT2D eigenvalue weighted by Crippen LogP contribution is 2.13. The molecule has 0 bridgehead atoms. The zero-order valence-electron chi connectivity index (χ0n) is 16.8. The molecule has 154 valence electrons. The second kappa shape index (κ2) is 10.8. The molecule has 0 fully saturated rings. The van der Waals surface area contributed by atoms with E-state index in [1.54, 1.807) is 31.4 Å². The van der Waals surface area contributed by atoms with E-state index in [0.717, 1.165) is 11.1 Å². The van der Waals surface area contributed by atoms with E-state index < -0.39 is 12.0 Å². The van der Waals surface area contributed by atoms with Gasteiger partial charge in [-0.2, -0.15) is 0 Å². The lowest BCUT2D eigenvalue weighted by Gasteiger charge is -2.17. The number of benzene rings is 2. The molecule has 1 amide bonds. The summed E-state index contributed by atoms with van der Waals surface area (Å²) in [6.07, 6.45) is 1.16. The van der Waals surface area contributed by atoms with Crippen molar-refractivity contribution in [3.63, 3.8) is 0 Å². The monoisotopic (exact) mass is 399 g/mol. The van der Waals surface area contributed by atoms with Crippen LogP contribution in [-0.2, 0) is 31.9 Å². The van der Waals surface area contributed by atoms with E-state index in [1.807, 2.05) is 24.3 Å². The first kappa shape index (κ1) is 21.9. The maximum Gasteiger partial charge on any atom is 0.328 e. The van der Waals surface area contributed by atoms with Gasteiger partial charge < -0.3 is 19.5 Å². The van der Waals surface area contributed by atoms with Crippen LogP contribution in [0.25, 0.3) is 0 Å². The van der Waals surface area contributed by atoms with Gasteiger partial charge >= 0.3 is 11.9 Å². The number of amides is 1. The first-order chi connectivity index (χ1) is 14.0. The standard InChI is InChI=1S/C22H25NO6/c1-27-18-11-9-17(10-12-18)21(25)23-19(22(26)29-3)14-16-6-4-15(5-7-16)8-13-20(24)28-2/h4-7,9-12,19H,8,13-14H2,1-3H3,(H,23,25)/t19-/m0/s1. The van der Waals surface area contributed by atoms with Gasteiger partial charge in [0, 0.05) is 18.4 Å². The molecule has 1 atom stereocenters. The number of rotatable bonds is 9. The summed E-state index contributed by atoms with van der Waals surface area (Å²) in [5, 5.41) is 2.72. The lowest BCUT2D eigenvalue weighted by Crippen LogP contribution is -2.43. The fraction of sp³-hybridized carbons (Fsp3) is 0.318. The van der Waals surface area contributed by atoms with E-state index >= 15 is 0 Å². The van der Waals surface area contributed by atoms with Crippen molar-refractivity contribution in [2.45, 2.75) is 25.3 Å². The molecule has 2 aromatic rings. The molecular formula is C22H25NO6. The largest absolute Gasteiger partial charge is 0.497 e. The molecule has 0 spiro atoms. The summed E-state index contributed by atoms with van der Waals surface area (Å²) in [5.74, 6) is -0.529. The summed E-state index contributed by atoms with van der Waals surface area (Å²) in [6.45, 7) is 0. The molecule has 0 unspecified atom stereocenters. The number of aryl methyl sites for hydroxylation is 1. The molecule has 2 rings (SSSR count). The normalized spacial score (nSPS) is 11.3. The van der Waals surface area contributed by atoms with Crippen molar-refractivity contribution in [3.8, 4) is 5.75 Å². The van der Waals surface area contributed by atoms with Crippen LogP contribution in [0.2, 0.25) is 0 Å². The zero-order chi connectivity index (χ0) is 21.2. The third-order valence-electron chi connectivity index (χ3n) is 4.45. The van der Waals surface area contributed by atoms with Crippen LogP contribution in [0, 0.1) is 0 Å². The van der Waals surface area contributed by atoms with Crippen molar-refractivity contribution in [1.29, 1.82) is 0 Å². The molecule has 0 heterocycles. The van der Waals surface area contributed by atoms with Crippen LogP contribution < -0.4 is 10.1 Å². The highest BCUT2D eigenvalue weighted by Gasteiger charge is 2.22. The average Bonchev–Trinajstić information content (AvgIpc) is 2.77. The molecule has 0 aliphatic carbocycles. The number of ether oxygens (including phenoxy) is 3. The van der Waals surface area contributed by atoms with Gasteiger partial charge in [-0.15, -0.1) is 0 Å². The molecule has 0 saturated heterocycles. The Morgan fingerprint density at radius 1 is 0.862 bits per heavy atom. The minimum Gasteiger partial charge on any atom is -0.497 e. The Morgan fingerprint density at radius 2 is 1.48 bits per heavy atom. The van der Waals surface area contributed by atoms with Crippen LogP contribution in [0.5, 0.6) is 5.75 Å². The van der Waals surface area contributed by atoms with Gasteiger partial charge in [0.25, 0.3) is 5.91 Å². The number of carbonyl (C=O) groups is 3. The van der Waals surface area contributed by atoms with Gasteiger partial charge in [0.05, 0.1) is 21.3 Å². The number of nitrogens with one attached hydrogen (secondary N) is 1. The third kappa shape index (κ3) is 6.64. The smallest absolute Gasteiger partial charge is 0.328 e. The van der Waals surface area contributed by atoms with Crippen molar-refractivity contribution < 1.29 is 28.6 Å². The number of methoxy groups -OCH3 is 3. The minimum absolute atomic E-state index is 0.263. The predicted octanol–water partition coefficient (Wildman–Crippen LogP) is 2.31. The summed E-state index contributed by atoms with van der Waals surface area (Å²) >= 11 is 0. The summed E-state index contributed by atoms with van der Waals surface area (Å²) < 4.78 is 14.5. The minimum atomic E-state index is -0.824. The van der Waals surface area contributed by atoms with Gasteiger partial charge in [0.2, 0.25) is 0 Å². The Bertz CT molecular complexity index is 829. The van der Waals surface area contributed by atoms with Crippen molar-refractivity contribution in [3.05, 3.63) is 65.2 Å². The molecule has 29 heavy (non-hydrogen) atoms. The summed E-state index contributed by atoms with van der Waals surface area (Å²) in [5.41, 5.74) is 2.26. The van der Waals surface area contributed by atoms with E-state index in [-0.39, 0.29) is 18.3 Å². The van der Waals surface area contributed by atoms with E-state index in [4.69, 9.17) is 9.47 Å². The quantitative estimate of drug-likeness (QED) is 0.651. The van der Waals surface area contributed by atoms with Crippen LogP contribution in [0.1, 0.15) is 27.9 Å². The van der Waals surface area contributed by atoms with E-state index in [9.17, 15) is 14.4 Å². The Balaban J connectivity index is 2.03. The fourth-order valence-corrected chi connectivity index (χ4v) is 2.75.